The first-order valence-corrected chi connectivity index (χ1v) is 5.40. The topological polar surface area (TPSA) is 41.1 Å². The van der Waals surface area contributed by atoms with Gasteiger partial charge >= 0.3 is 6.03 Å². The summed E-state index contributed by atoms with van der Waals surface area (Å²) in [5.41, 5.74) is 0. The van der Waals surface area contributed by atoms with Crippen LogP contribution in [0.1, 0.15) is 39.0 Å². The molecule has 2 N–H and O–H groups in total. The van der Waals surface area contributed by atoms with Gasteiger partial charge in [-0.2, -0.15) is 0 Å². The number of hydrogen-bond donors (Lipinski definition) is 2. The van der Waals surface area contributed by atoms with Gasteiger partial charge in [0.05, 0.1) is 0 Å². The van der Waals surface area contributed by atoms with E-state index in [1.54, 1.807) is 0 Å². The molecule has 1 saturated carbocycles. The SMILES string of the molecule is C=CCC(C)NC(=O)NC1CCCC1. The van der Waals surface area contributed by atoms with Gasteiger partial charge in [-0.3, -0.25) is 0 Å². The Morgan fingerprint density at radius 1 is 1.57 bits per heavy atom. The minimum absolute atomic E-state index is 0.0359. The average Bonchev–Trinajstić information content (AvgIpc) is 2.56. The maximum Gasteiger partial charge on any atom is 0.315 e. The Balaban J connectivity index is 2.17. The molecule has 3 heteroatoms. The van der Waals surface area contributed by atoms with Crippen molar-refractivity contribution in [2.24, 2.45) is 0 Å². The zero-order valence-electron chi connectivity index (χ0n) is 8.88. The third-order valence-corrected chi connectivity index (χ3v) is 2.59. The van der Waals surface area contributed by atoms with Crippen LogP contribution in [-0.2, 0) is 0 Å². The second-order valence-electron chi connectivity index (χ2n) is 4.02. The fraction of sp³-hybridized carbons (Fsp3) is 0.727. The Bertz CT molecular complexity index is 197. The molecule has 2 amide bonds. The minimum atomic E-state index is -0.0359. The quantitative estimate of drug-likeness (QED) is 0.665. The van der Waals surface area contributed by atoms with Gasteiger partial charge in [0.1, 0.15) is 0 Å². The number of carbonyl (C=O) groups is 1. The summed E-state index contributed by atoms with van der Waals surface area (Å²) in [6.07, 6.45) is 7.38. The van der Waals surface area contributed by atoms with Gasteiger partial charge in [-0.1, -0.05) is 18.9 Å². The standard InChI is InChI=1S/C11H20N2O/c1-3-6-9(2)12-11(14)13-10-7-4-5-8-10/h3,9-10H,1,4-8H2,2H3,(H2,12,13,14). The van der Waals surface area contributed by atoms with Crippen molar-refractivity contribution in [1.82, 2.24) is 10.6 Å². The van der Waals surface area contributed by atoms with Crippen LogP contribution in [0, 0.1) is 0 Å². The predicted octanol–water partition coefficient (Wildman–Crippen LogP) is 2.19. The van der Waals surface area contributed by atoms with Gasteiger partial charge in [0, 0.05) is 12.1 Å². The number of carbonyl (C=O) groups excluding carboxylic acids is 1. The first-order chi connectivity index (χ1) is 6.72. The number of urea groups is 1. The molecule has 0 aliphatic heterocycles. The molecule has 0 spiro atoms. The summed E-state index contributed by atoms with van der Waals surface area (Å²) in [4.78, 5) is 11.4. The number of nitrogens with one attached hydrogen (secondary N) is 2. The normalized spacial score (nSPS) is 18.9. The number of hydrogen-bond acceptors (Lipinski definition) is 1. The summed E-state index contributed by atoms with van der Waals surface area (Å²) >= 11 is 0. The van der Waals surface area contributed by atoms with Crippen molar-refractivity contribution in [1.29, 1.82) is 0 Å². The van der Waals surface area contributed by atoms with Gasteiger partial charge in [-0.25, -0.2) is 4.79 Å². The zero-order chi connectivity index (χ0) is 10.4. The van der Waals surface area contributed by atoms with Gasteiger partial charge in [0.15, 0.2) is 0 Å². The molecule has 1 unspecified atom stereocenters. The highest BCUT2D eigenvalue weighted by Gasteiger charge is 2.17. The summed E-state index contributed by atoms with van der Waals surface area (Å²) in [6.45, 7) is 5.62. The summed E-state index contributed by atoms with van der Waals surface area (Å²) in [6, 6.07) is 0.533. The van der Waals surface area contributed by atoms with E-state index in [2.05, 4.69) is 17.2 Å². The Morgan fingerprint density at radius 2 is 2.21 bits per heavy atom. The van der Waals surface area contributed by atoms with Gasteiger partial charge < -0.3 is 10.6 Å². The van der Waals surface area contributed by atoms with Crippen LogP contribution < -0.4 is 10.6 Å². The summed E-state index contributed by atoms with van der Waals surface area (Å²) < 4.78 is 0. The molecule has 80 valence electrons. The van der Waals surface area contributed by atoms with Crippen LogP contribution in [0.5, 0.6) is 0 Å². The molecule has 1 fully saturated rings. The van der Waals surface area contributed by atoms with Crippen LogP contribution >= 0.6 is 0 Å². The van der Waals surface area contributed by atoms with E-state index in [4.69, 9.17) is 0 Å². The highest BCUT2D eigenvalue weighted by atomic mass is 16.2. The van der Waals surface area contributed by atoms with Crippen molar-refractivity contribution in [3.8, 4) is 0 Å². The Hall–Kier alpha value is -0.990. The van der Waals surface area contributed by atoms with E-state index >= 15 is 0 Å². The lowest BCUT2D eigenvalue weighted by atomic mass is 10.2. The van der Waals surface area contributed by atoms with Crippen LogP contribution in [0.25, 0.3) is 0 Å². The monoisotopic (exact) mass is 196 g/mol. The number of amides is 2. The molecule has 0 radical (unpaired) electrons. The van der Waals surface area contributed by atoms with Gasteiger partial charge in [0.25, 0.3) is 0 Å². The fourth-order valence-corrected chi connectivity index (χ4v) is 1.83. The Labute approximate surface area is 86.0 Å². The van der Waals surface area contributed by atoms with Gasteiger partial charge in [0.2, 0.25) is 0 Å². The van der Waals surface area contributed by atoms with Crippen molar-refractivity contribution in [2.45, 2.75) is 51.1 Å². The molecular weight excluding hydrogens is 176 g/mol. The average molecular weight is 196 g/mol. The largest absolute Gasteiger partial charge is 0.335 e. The van der Waals surface area contributed by atoms with Crippen LogP contribution in [0.4, 0.5) is 4.79 Å². The summed E-state index contributed by atoms with van der Waals surface area (Å²) in [7, 11) is 0. The van der Waals surface area contributed by atoms with E-state index in [-0.39, 0.29) is 12.1 Å². The van der Waals surface area contributed by atoms with Gasteiger partial charge in [-0.15, -0.1) is 6.58 Å². The highest BCUT2D eigenvalue weighted by molar-refractivity contribution is 5.74. The van der Waals surface area contributed by atoms with Crippen LogP contribution in [0.2, 0.25) is 0 Å². The van der Waals surface area contributed by atoms with Crippen LogP contribution in [-0.4, -0.2) is 18.1 Å². The van der Waals surface area contributed by atoms with E-state index in [9.17, 15) is 4.79 Å². The maximum absolute atomic E-state index is 11.4. The molecule has 1 aliphatic carbocycles. The molecule has 0 aromatic carbocycles. The second kappa shape index (κ2) is 5.68. The lowest BCUT2D eigenvalue weighted by Gasteiger charge is -2.16. The molecule has 0 aromatic rings. The lowest BCUT2D eigenvalue weighted by Crippen LogP contribution is -2.44. The van der Waals surface area contributed by atoms with Gasteiger partial charge in [-0.05, 0) is 26.2 Å². The molecule has 1 rings (SSSR count). The van der Waals surface area contributed by atoms with Crippen LogP contribution in [0.3, 0.4) is 0 Å². The maximum atomic E-state index is 11.4. The third kappa shape index (κ3) is 3.81. The lowest BCUT2D eigenvalue weighted by molar-refractivity contribution is 0.234. The van der Waals surface area contributed by atoms with E-state index in [0.29, 0.717) is 6.04 Å². The highest BCUT2D eigenvalue weighted by Crippen LogP contribution is 2.17. The molecule has 0 heterocycles. The number of rotatable bonds is 4. The second-order valence-corrected chi connectivity index (χ2v) is 4.02. The smallest absolute Gasteiger partial charge is 0.315 e. The summed E-state index contributed by atoms with van der Waals surface area (Å²) in [5, 5.41) is 5.87. The molecule has 3 nitrogen and oxygen atoms in total. The molecular formula is C11H20N2O. The predicted molar refractivity (Wildman–Crippen MR) is 58.2 cm³/mol. The van der Waals surface area contributed by atoms with Crippen molar-refractivity contribution in [2.75, 3.05) is 0 Å². The van der Waals surface area contributed by atoms with E-state index in [1.165, 1.54) is 12.8 Å². The summed E-state index contributed by atoms with van der Waals surface area (Å²) in [5.74, 6) is 0. The molecule has 0 aromatic heterocycles. The zero-order valence-corrected chi connectivity index (χ0v) is 8.88. The molecule has 1 aliphatic rings. The van der Waals surface area contributed by atoms with Crippen molar-refractivity contribution < 1.29 is 4.79 Å². The van der Waals surface area contributed by atoms with Crippen molar-refractivity contribution in [3.63, 3.8) is 0 Å². The molecule has 14 heavy (non-hydrogen) atoms. The molecule has 1 atom stereocenters. The first-order valence-electron chi connectivity index (χ1n) is 5.40. The van der Waals surface area contributed by atoms with E-state index in [0.717, 1.165) is 19.3 Å². The van der Waals surface area contributed by atoms with Crippen molar-refractivity contribution >= 4 is 6.03 Å². The van der Waals surface area contributed by atoms with Crippen molar-refractivity contribution in [3.05, 3.63) is 12.7 Å². The fourth-order valence-electron chi connectivity index (χ4n) is 1.83. The van der Waals surface area contributed by atoms with E-state index < -0.39 is 0 Å². The molecule has 0 saturated heterocycles. The first kappa shape index (κ1) is 11.1. The van der Waals surface area contributed by atoms with Crippen LogP contribution in [0.15, 0.2) is 12.7 Å². The van der Waals surface area contributed by atoms with E-state index in [1.807, 2.05) is 13.0 Å². The Morgan fingerprint density at radius 3 is 2.79 bits per heavy atom. The third-order valence-electron chi connectivity index (χ3n) is 2.59. The Kier molecular flexibility index (Phi) is 4.50. The minimum Gasteiger partial charge on any atom is -0.335 e. The molecule has 0 bridgehead atoms.